The molecule has 0 aromatic carbocycles. The predicted octanol–water partition coefficient (Wildman–Crippen LogP) is 0.778. The van der Waals surface area contributed by atoms with E-state index in [0.717, 1.165) is 30.2 Å². The van der Waals surface area contributed by atoms with Crippen LogP contribution in [0, 0.1) is 0 Å². The zero-order valence-electron chi connectivity index (χ0n) is 9.06. The Kier molecular flexibility index (Phi) is 2.25. The molecule has 1 aliphatic rings. The number of nitrogen functional groups attached to an aromatic ring is 1. The van der Waals surface area contributed by atoms with Crippen molar-refractivity contribution >= 4 is 11.3 Å². The van der Waals surface area contributed by atoms with E-state index in [2.05, 4.69) is 15.5 Å². The van der Waals surface area contributed by atoms with E-state index in [-0.39, 0.29) is 0 Å². The molecular weight excluding hydrogens is 202 g/mol. The smallest absolute Gasteiger partial charge is 0.160 e. The topological polar surface area (TPSA) is 68.2 Å². The first-order chi connectivity index (χ1) is 7.84. The summed E-state index contributed by atoms with van der Waals surface area (Å²) in [6.45, 7) is 2.09. The van der Waals surface area contributed by atoms with E-state index in [0.29, 0.717) is 5.92 Å². The Morgan fingerprint density at radius 1 is 1.38 bits per heavy atom. The average molecular weight is 217 g/mol. The molecule has 1 fully saturated rings. The van der Waals surface area contributed by atoms with Crippen LogP contribution in [0.15, 0.2) is 18.3 Å². The van der Waals surface area contributed by atoms with Gasteiger partial charge in [0.2, 0.25) is 0 Å². The van der Waals surface area contributed by atoms with Gasteiger partial charge in [-0.15, -0.1) is 10.2 Å². The van der Waals surface area contributed by atoms with Crippen LogP contribution in [0.5, 0.6) is 0 Å². The van der Waals surface area contributed by atoms with Crippen LogP contribution in [0.25, 0.3) is 5.65 Å². The summed E-state index contributed by atoms with van der Waals surface area (Å²) in [5.74, 6) is 1.47. The summed E-state index contributed by atoms with van der Waals surface area (Å²) in [7, 11) is 0. The number of nitrogens with zero attached hydrogens (tertiary/aromatic N) is 3. The van der Waals surface area contributed by atoms with E-state index < -0.39 is 0 Å². The lowest BCUT2D eigenvalue weighted by Gasteiger charge is -2.21. The molecule has 1 saturated heterocycles. The van der Waals surface area contributed by atoms with Gasteiger partial charge in [-0.05, 0) is 31.5 Å². The zero-order valence-corrected chi connectivity index (χ0v) is 9.06. The van der Waals surface area contributed by atoms with Crippen LogP contribution in [0.4, 0.5) is 5.69 Å². The van der Waals surface area contributed by atoms with Crippen molar-refractivity contribution < 1.29 is 0 Å². The van der Waals surface area contributed by atoms with Crippen molar-refractivity contribution in [3.8, 4) is 0 Å². The summed E-state index contributed by atoms with van der Waals surface area (Å²) < 4.78 is 2.01. The Hall–Kier alpha value is -1.62. The maximum Gasteiger partial charge on any atom is 0.160 e. The third-order valence-corrected chi connectivity index (χ3v) is 3.11. The van der Waals surface area contributed by atoms with Gasteiger partial charge in [0.05, 0.1) is 0 Å². The van der Waals surface area contributed by atoms with Crippen molar-refractivity contribution in [1.29, 1.82) is 0 Å². The van der Waals surface area contributed by atoms with Crippen molar-refractivity contribution in [3.05, 3.63) is 24.2 Å². The maximum absolute atomic E-state index is 5.79. The van der Waals surface area contributed by atoms with Crippen LogP contribution >= 0.6 is 0 Å². The van der Waals surface area contributed by atoms with E-state index in [1.165, 1.54) is 12.8 Å². The number of anilines is 1. The van der Waals surface area contributed by atoms with Gasteiger partial charge in [0.15, 0.2) is 5.65 Å². The molecule has 0 aliphatic carbocycles. The fraction of sp³-hybridized carbons (Fsp3) is 0.455. The Morgan fingerprint density at radius 3 is 3.12 bits per heavy atom. The first-order valence-electron chi connectivity index (χ1n) is 5.65. The van der Waals surface area contributed by atoms with Crippen LogP contribution in [0.3, 0.4) is 0 Å². The number of pyridine rings is 1. The first kappa shape index (κ1) is 9.59. The molecule has 3 heterocycles. The zero-order chi connectivity index (χ0) is 11.0. The molecule has 1 atom stereocenters. The average Bonchev–Trinajstić information content (AvgIpc) is 2.73. The van der Waals surface area contributed by atoms with Gasteiger partial charge in [-0.1, -0.05) is 0 Å². The second-order valence-corrected chi connectivity index (χ2v) is 4.29. The van der Waals surface area contributed by atoms with E-state index in [4.69, 9.17) is 5.73 Å². The van der Waals surface area contributed by atoms with Crippen LogP contribution < -0.4 is 11.1 Å². The van der Waals surface area contributed by atoms with Gasteiger partial charge in [0, 0.05) is 24.3 Å². The summed E-state index contributed by atoms with van der Waals surface area (Å²) in [6, 6.07) is 3.76. The van der Waals surface area contributed by atoms with Gasteiger partial charge in [-0.25, -0.2) is 0 Å². The molecule has 16 heavy (non-hydrogen) atoms. The molecule has 5 nitrogen and oxygen atoms in total. The van der Waals surface area contributed by atoms with E-state index >= 15 is 0 Å². The molecule has 2 aromatic heterocycles. The summed E-state index contributed by atoms with van der Waals surface area (Å²) in [6.07, 6.45) is 4.27. The molecular formula is C11H15N5. The molecule has 0 bridgehead atoms. The van der Waals surface area contributed by atoms with Crippen LogP contribution in [-0.2, 0) is 0 Å². The Balaban J connectivity index is 2.05. The molecule has 1 unspecified atom stereocenters. The molecule has 3 rings (SSSR count). The molecule has 5 heteroatoms. The lowest BCUT2D eigenvalue weighted by atomic mass is 9.99. The number of rotatable bonds is 1. The Bertz CT molecular complexity index is 498. The van der Waals surface area contributed by atoms with Crippen LogP contribution in [-0.4, -0.2) is 27.7 Å². The quantitative estimate of drug-likeness (QED) is 0.740. The van der Waals surface area contributed by atoms with Gasteiger partial charge in [0.1, 0.15) is 5.82 Å². The highest BCUT2D eigenvalue weighted by Gasteiger charge is 2.20. The fourth-order valence-corrected chi connectivity index (χ4v) is 2.28. The normalized spacial score (nSPS) is 21.4. The monoisotopic (exact) mass is 217 g/mol. The minimum Gasteiger partial charge on any atom is -0.398 e. The standard InChI is InChI=1S/C11H15N5/c12-9-3-4-10-14-15-11(16(10)7-9)8-2-1-5-13-6-8/h3-4,7-8,13H,1-2,5-6,12H2. The fourth-order valence-electron chi connectivity index (χ4n) is 2.28. The van der Waals surface area contributed by atoms with E-state index in [1.54, 1.807) is 0 Å². The lowest BCUT2D eigenvalue weighted by molar-refractivity contribution is 0.444. The summed E-state index contributed by atoms with van der Waals surface area (Å²) in [5, 5.41) is 11.8. The van der Waals surface area contributed by atoms with Gasteiger partial charge >= 0.3 is 0 Å². The minimum absolute atomic E-state index is 0.450. The van der Waals surface area contributed by atoms with Crippen molar-refractivity contribution in [1.82, 2.24) is 19.9 Å². The molecule has 0 amide bonds. The summed E-state index contributed by atoms with van der Waals surface area (Å²) >= 11 is 0. The van der Waals surface area contributed by atoms with Crippen molar-refractivity contribution in [2.24, 2.45) is 0 Å². The van der Waals surface area contributed by atoms with E-state index in [9.17, 15) is 0 Å². The number of nitrogens with two attached hydrogens (primary N) is 1. The molecule has 3 N–H and O–H groups in total. The van der Waals surface area contributed by atoms with Gasteiger partial charge in [-0.3, -0.25) is 4.40 Å². The second-order valence-electron chi connectivity index (χ2n) is 4.29. The number of piperidine rings is 1. The highest BCUT2D eigenvalue weighted by atomic mass is 15.3. The predicted molar refractivity (Wildman–Crippen MR) is 62.2 cm³/mol. The molecule has 84 valence electrons. The number of fused-ring (bicyclic) bond motifs is 1. The van der Waals surface area contributed by atoms with Crippen molar-refractivity contribution in [2.45, 2.75) is 18.8 Å². The van der Waals surface area contributed by atoms with Gasteiger partial charge in [-0.2, -0.15) is 0 Å². The molecule has 0 spiro atoms. The Morgan fingerprint density at radius 2 is 2.31 bits per heavy atom. The second kappa shape index (κ2) is 3.75. The van der Waals surface area contributed by atoms with Gasteiger partial charge in [0.25, 0.3) is 0 Å². The van der Waals surface area contributed by atoms with Gasteiger partial charge < -0.3 is 11.1 Å². The van der Waals surface area contributed by atoms with E-state index in [1.807, 2.05) is 22.7 Å². The number of hydrogen-bond donors (Lipinski definition) is 2. The lowest BCUT2D eigenvalue weighted by Crippen LogP contribution is -2.29. The maximum atomic E-state index is 5.79. The summed E-state index contributed by atoms with van der Waals surface area (Å²) in [5.41, 5.74) is 7.41. The molecule has 0 radical (unpaired) electrons. The SMILES string of the molecule is Nc1ccc2nnc(C3CCCNC3)n2c1. The molecule has 0 saturated carbocycles. The number of nitrogens with one attached hydrogen (secondary N) is 1. The Labute approximate surface area is 93.7 Å². The third kappa shape index (κ3) is 1.53. The number of aromatic nitrogens is 3. The summed E-state index contributed by atoms with van der Waals surface area (Å²) in [4.78, 5) is 0. The molecule has 2 aromatic rings. The third-order valence-electron chi connectivity index (χ3n) is 3.11. The number of hydrogen-bond acceptors (Lipinski definition) is 4. The minimum atomic E-state index is 0.450. The highest BCUT2D eigenvalue weighted by Crippen LogP contribution is 2.22. The highest BCUT2D eigenvalue weighted by molar-refractivity contribution is 5.47. The van der Waals surface area contributed by atoms with Crippen molar-refractivity contribution in [3.63, 3.8) is 0 Å². The largest absolute Gasteiger partial charge is 0.398 e. The first-order valence-corrected chi connectivity index (χ1v) is 5.65. The van der Waals surface area contributed by atoms with Crippen LogP contribution in [0.2, 0.25) is 0 Å². The van der Waals surface area contributed by atoms with Crippen molar-refractivity contribution in [2.75, 3.05) is 18.8 Å². The molecule has 1 aliphatic heterocycles. The van der Waals surface area contributed by atoms with Crippen LogP contribution in [0.1, 0.15) is 24.6 Å².